The molecule has 2 aromatic carbocycles. The van der Waals surface area contributed by atoms with Crippen molar-refractivity contribution in [1.82, 2.24) is 5.32 Å². The first-order valence-corrected chi connectivity index (χ1v) is 34.4. The zero-order valence-corrected chi connectivity index (χ0v) is 52.2. The zero-order chi connectivity index (χ0) is 57.5. The van der Waals surface area contributed by atoms with Gasteiger partial charge in [-0.05, 0) is 81.8 Å². The molecule has 1 amide bonds. The number of rotatable bonds is 56. The monoisotopic (exact) mass is 1130 g/mol. The Balaban J connectivity index is 1.98. The lowest BCUT2D eigenvalue weighted by Crippen LogP contribution is -2.44. The molecule has 0 saturated carbocycles. The molecule has 0 spiro atoms. The third-order valence-electron chi connectivity index (χ3n) is 15.2. The van der Waals surface area contributed by atoms with Crippen molar-refractivity contribution in [2.45, 2.75) is 309 Å². The molecule has 0 aliphatic carbocycles. The number of benzene rings is 2. The summed E-state index contributed by atoms with van der Waals surface area (Å²) in [6.07, 6.45) is 55.6. The van der Waals surface area contributed by atoms with Crippen LogP contribution in [0.2, 0.25) is 0 Å². The second kappa shape index (κ2) is 54.4. The molecule has 8 nitrogen and oxygen atoms in total. The number of carbonyl (C=O) groups excluding carboxylic acids is 4. The van der Waals surface area contributed by atoms with E-state index in [4.69, 9.17) is 14.2 Å². The van der Waals surface area contributed by atoms with E-state index in [1.54, 1.807) is 0 Å². The first-order valence-electron chi connectivity index (χ1n) is 33.2. The molecule has 0 heterocycles. The summed E-state index contributed by atoms with van der Waals surface area (Å²) in [4.78, 5) is 54.3. The van der Waals surface area contributed by atoms with Gasteiger partial charge in [-0.25, -0.2) is 4.79 Å². The Hall–Kier alpha value is -3.85. The van der Waals surface area contributed by atoms with E-state index in [0.717, 1.165) is 101 Å². The van der Waals surface area contributed by atoms with Crippen molar-refractivity contribution in [2.75, 3.05) is 18.1 Å². The van der Waals surface area contributed by atoms with Crippen LogP contribution < -0.4 is 5.32 Å². The lowest BCUT2D eigenvalue weighted by molar-refractivity contribution is -0.157. The molecule has 0 aliphatic heterocycles. The number of hydrogen-bond acceptors (Lipinski definition) is 8. The maximum Gasteiger partial charge on any atom is 0.330 e. The standard InChI is InChI=1S/C71H117NO7S/c1-4-7-10-13-16-19-22-25-27-30-33-36-39-42-51-58-68(74)77-60-65(78-69(75)59-52-43-40-37-34-31-28-26-23-20-17-14-11-8-5-2)61-80-62-66(71(76)79-70(63-53-46-44-47-54-63)64-55-48-45-49-56-64)72-67(73)57-50-41-38-35-32-29-24-21-18-15-12-9-6-3/h25-28,44-49,53-56,65-66,70H,4-24,29-43,50-52,57-62H2,1-3H3,(H,72,73)/b27-25-,28-26-/t65-,66-/m1/s1. The first-order chi connectivity index (χ1) is 39.4. The molecule has 0 aliphatic rings. The summed E-state index contributed by atoms with van der Waals surface area (Å²) in [6, 6.07) is 18.4. The topological polar surface area (TPSA) is 108 Å². The summed E-state index contributed by atoms with van der Waals surface area (Å²) in [7, 11) is 0. The summed E-state index contributed by atoms with van der Waals surface area (Å²) in [5, 5.41) is 3.03. The summed E-state index contributed by atoms with van der Waals surface area (Å²) in [6.45, 7) is 6.73. The van der Waals surface area contributed by atoms with Crippen LogP contribution in [0, 0.1) is 0 Å². The minimum absolute atomic E-state index is 0.0559. The van der Waals surface area contributed by atoms with Gasteiger partial charge in [-0.1, -0.05) is 286 Å². The van der Waals surface area contributed by atoms with Crippen LogP contribution in [0.25, 0.3) is 0 Å². The number of allylic oxidation sites excluding steroid dienone is 4. The van der Waals surface area contributed by atoms with Crippen LogP contribution in [0.3, 0.4) is 0 Å². The molecule has 0 fully saturated rings. The highest BCUT2D eigenvalue weighted by atomic mass is 32.2. The summed E-state index contributed by atoms with van der Waals surface area (Å²) in [5.41, 5.74) is 1.66. The van der Waals surface area contributed by atoms with Crippen molar-refractivity contribution in [3.63, 3.8) is 0 Å². The van der Waals surface area contributed by atoms with Crippen LogP contribution in [0.15, 0.2) is 85.0 Å². The Morgan fingerprint density at radius 1 is 0.412 bits per heavy atom. The van der Waals surface area contributed by atoms with Crippen molar-refractivity contribution in [2.24, 2.45) is 0 Å². The van der Waals surface area contributed by atoms with Crippen LogP contribution in [0.5, 0.6) is 0 Å². The van der Waals surface area contributed by atoms with Gasteiger partial charge in [0.1, 0.15) is 18.8 Å². The third-order valence-corrected chi connectivity index (χ3v) is 16.3. The van der Waals surface area contributed by atoms with Crippen LogP contribution in [-0.4, -0.2) is 54.1 Å². The fourth-order valence-electron chi connectivity index (χ4n) is 10.1. The molecular weight excluding hydrogens is 1010 g/mol. The van der Waals surface area contributed by atoms with Gasteiger partial charge in [0.05, 0.1) is 0 Å². The van der Waals surface area contributed by atoms with Gasteiger partial charge in [0.15, 0.2) is 6.10 Å². The van der Waals surface area contributed by atoms with Crippen LogP contribution >= 0.6 is 11.8 Å². The first kappa shape index (κ1) is 72.3. The molecule has 80 heavy (non-hydrogen) atoms. The van der Waals surface area contributed by atoms with E-state index in [1.807, 2.05) is 60.7 Å². The molecule has 0 saturated heterocycles. The molecule has 2 atom stereocenters. The Morgan fingerprint density at radius 2 is 0.762 bits per heavy atom. The number of nitrogens with one attached hydrogen (secondary N) is 1. The molecule has 0 radical (unpaired) electrons. The fraction of sp³-hybridized carbons (Fsp3) is 0.718. The van der Waals surface area contributed by atoms with E-state index in [1.165, 1.54) is 172 Å². The lowest BCUT2D eigenvalue weighted by atomic mass is 10.0. The predicted octanol–water partition coefficient (Wildman–Crippen LogP) is 20.5. The molecule has 1 N–H and O–H groups in total. The highest BCUT2D eigenvalue weighted by Crippen LogP contribution is 2.27. The third kappa shape index (κ3) is 42.9. The highest BCUT2D eigenvalue weighted by Gasteiger charge is 2.28. The van der Waals surface area contributed by atoms with Gasteiger partial charge < -0.3 is 19.5 Å². The summed E-state index contributed by atoms with van der Waals surface area (Å²) in [5.74, 6) is -0.821. The smallest absolute Gasteiger partial charge is 0.330 e. The van der Waals surface area contributed by atoms with Gasteiger partial charge in [-0.15, -0.1) is 0 Å². The van der Waals surface area contributed by atoms with Crippen molar-refractivity contribution in [3.05, 3.63) is 96.1 Å². The number of thioether (sulfide) groups is 1. The lowest BCUT2D eigenvalue weighted by Gasteiger charge is -2.24. The zero-order valence-electron chi connectivity index (χ0n) is 51.4. The maximum atomic E-state index is 14.3. The van der Waals surface area contributed by atoms with E-state index in [-0.39, 0.29) is 36.0 Å². The molecule has 0 aromatic heterocycles. The number of hydrogen-bond donors (Lipinski definition) is 1. The molecule has 0 bridgehead atoms. The van der Waals surface area contributed by atoms with Gasteiger partial charge in [0.25, 0.3) is 0 Å². The Morgan fingerprint density at radius 3 is 1.16 bits per heavy atom. The molecule has 9 heteroatoms. The van der Waals surface area contributed by atoms with Gasteiger partial charge in [0, 0.05) is 30.8 Å². The van der Waals surface area contributed by atoms with Gasteiger partial charge in [0.2, 0.25) is 5.91 Å². The number of amides is 1. The van der Waals surface area contributed by atoms with E-state index in [9.17, 15) is 19.2 Å². The average Bonchev–Trinajstić information content (AvgIpc) is 3.48. The van der Waals surface area contributed by atoms with Crippen LogP contribution in [-0.2, 0) is 33.4 Å². The minimum atomic E-state index is -0.944. The summed E-state index contributed by atoms with van der Waals surface area (Å²) >= 11 is 1.39. The minimum Gasteiger partial charge on any atom is -0.462 e. The molecule has 454 valence electrons. The van der Waals surface area contributed by atoms with Crippen molar-refractivity contribution < 1.29 is 33.4 Å². The summed E-state index contributed by atoms with van der Waals surface area (Å²) < 4.78 is 18.1. The SMILES string of the molecule is CCCCCCCC/C=C\CCCCCCCC(=O)OC[C@H](CSC[C@@H](NC(=O)CCCCCCCCCCCCCCC)C(=O)OC(c1ccccc1)c1ccccc1)OC(=O)CCCCCCC/C=C\CCCCCCCC. The number of carbonyl (C=O) groups is 4. The average molecular weight is 1130 g/mol. The number of esters is 3. The van der Waals surface area contributed by atoms with E-state index in [2.05, 4.69) is 50.4 Å². The highest BCUT2D eigenvalue weighted by molar-refractivity contribution is 7.99. The Labute approximate surface area is 494 Å². The van der Waals surface area contributed by atoms with Crippen LogP contribution in [0.1, 0.15) is 308 Å². The second-order valence-corrected chi connectivity index (χ2v) is 23.8. The van der Waals surface area contributed by atoms with Crippen molar-refractivity contribution in [1.29, 1.82) is 0 Å². The van der Waals surface area contributed by atoms with Gasteiger partial charge >= 0.3 is 17.9 Å². The fourth-order valence-corrected chi connectivity index (χ4v) is 11.2. The normalized spacial score (nSPS) is 12.3. The quantitative estimate of drug-likeness (QED) is 0.0302. The number of ether oxygens (including phenoxy) is 3. The second-order valence-electron chi connectivity index (χ2n) is 22.8. The predicted molar refractivity (Wildman–Crippen MR) is 340 cm³/mol. The maximum absolute atomic E-state index is 14.3. The van der Waals surface area contributed by atoms with E-state index in [0.29, 0.717) is 19.3 Å². The largest absolute Gasteiger partial charge is 0.462 e. The Kier molecular flexibility index (Phi) is 49.1. The molecular formula is C71H117NO7S. The van der Waals surface area contributed by atoms with E-state index < -0.39 is 24.2 Å². The molecule has 0 unspecified atom stereocenters. The Bertz CT molecular complexity index is 1760. The van der Waals surface area contributed by atoms with Crippen LogP contribution in [0.4, 0.5) is 0 Å². The van der Waals surface area contributed by atoms with Gasteiger partial charge in [-0.3, -0.25) is 14.4 Å². The molecule has 2 aromatic rings. The molecule has 2 rings (SSSR count). The van der Waals surface area contributed by atoms with Crippen molar-refractivity contribution >= 4 is 35.6 Å². The van der Waals surface area contributed by atoms with E-state index >= 15 is 0 Å². The van der Waals surface area contributed by atoms with Gasteiger partial charge in [-0.2, -0.15) is 11.8 Å². The van der Waals surface area contributed by atoms with Crippen molar-refractivity contribution in [3.8, 4) is 0 Å². The number of unbranched alkanes of at least 4 members (excludes halogenated alkanes) is 34.